The van der Waals surface area contributed by atoms with E-state index in [0.717, 1.165) is 16.3 Å². The van der Waals surface area contributed by atoms with E-state index in [1.54, 1.807) is 12.1 Å². The zero-order chi connectivity index (χ0) is 22.8. The molecule has 1 heterocycles. The summed E-state index contributed by atoms with van der Waals surface area (Å²) in [6.45, 7) is 1.82. The van der Waals surface area contributed by atoms with Gasteiger partial charge in [-0.2, -0.15) is 4.98 Å². The zero-order valence-electron chi connectivity index (χ0n) is 18.0. The van der Waals surface area contributed by atoms with Gasteiger partial charge in [-0.1, -0.05) is 84.9 Å². The van der Waals surface area contributed by atoms with Gasteiger partial charge in [0.15, 0.2) is 5.76 Å². The molecule has 5 nitrogen and oxygen atoms in total. The van der Waals surface area contributed by atoms with E-state index in [2.05, 4.69) is 9.71 Å². The maximum atomic E-state index is 13.5. The Balaban J connectivity index is 1.54. The number of nitrogens with zero attached hydrogens (tertiary/aromatic N) is 1. The predicted octanol–water partition coefficient (Wildman–Crippen LogP) is 6.20. The van der Waals surface area contributed by atoms with Crippen molar-refractivity contribution in [2.24, 2.45) is 0 Å². The van der Waals surface area contributed by atoms with Crippen LogP contribution < -0.4 is 4.72 Å². The molecule has 1 unspecified atom stereocenters. The molecule has 164 valence electrons. The first kappa shape index (κ1) is 21.1. The second-order valence-electron chi connectivity index (χ2n) is 7.83. The molecule has 0 saturated heterocycles. The van der Waals surface area contributed by atoms with Crippen LogP contribution in [0.1, 0.15) is 18.5 Å². The lowest BCUT2D eigenvalue weighted by molar-refractivity contribution is 0.560. The van der Waals surface area contributed by atoms with Crippen LogP contribution in [0.5, 0.6) is 0 Å². The Labute approximate surface area is 192 Å². The van der Waals surface area contributed by atoms with Gasteiger partial charge in [0, 0.05) is 17.2 Å². The van der Waals surface area contributed by atoms with Gasteiger partial charge in [-0.25, -0.2) is 13.1 Å². The maximum absolute atomic E-state index is 13.5. The minimum atomic E-state index is -3.98. The van der Waals surface area contributed by atoms with E-state index < -0.39 is 16.1 Å². The third-order valence-electron chi connectivity index (χ3n) is 5.51. The molecular formula is C27H22N2O3S. The number of benzene rings is 4. The van der Waals surface area contributed by atoms with E-state index in [-0.39, 0.29) is 16.7 Å². The molecule has 0 aliphatic heterocycles. The normalized spacial score (nSPS) is 12.6. The van der Waals surface area contributed by atoms with Gasteiger partial charge < -0.3 is 4.42 Å². The minimum absolute atomic E-state index is 0.125. The molecule has 5 rings (SSSR count). The topological polar surface area (TPSA) is 72.2 Å². The molecule has 0 spiro atoms. The molecule has 0 aliphatic carbocycles. The lowest BCUT2D eigenvalue weighted by atomic mass is 10.0. The van der Waals surface area contributed by atoms with Gasteiger partial charge >= 0.3 is 0 Å². The van der Waals surface area contributed by atoms with Gasteiger partial charge in [0.25, 0.3) is 10.0 Å². The first-order valence-corrected chi connectivity index (χ1v) is 12.1. The van der Waals surface area contributed by atoms with Gasteiger partial charge in [-0.15, -0.1) is 0 Å². The molecule has 1 aromatic heterocycles. The van der Waals surface area contributed by atoms with Crippen molar-refractivity contribution < 1.29 is 12.8 Å². The molecule has 1 atom stereocenters. The molecule has 0 amide bonds. The summed E-state index contributed by atoms with van der Waals surface area (Å²) in [6, 6.07) is 31.9. The molecule has 0 bridgehead atoms. The quantitative estimate of drug-likeness (QED) is 0.331. The number of hydrogen-bond donors (Lipinski definition) is 1. The number of hydrogen-bond acceptors (Lipinski definition) is 4. The molecule has 1 N–H and O–H groups in total. The van der Waals surface area contributed by atoms with Crippen LogP contribution in [0.3, 0.4) is 0 Å². The Kier molecular flexibility index (Phi) is 5.54. The summed E-state index contributed by atoms with van der Waals surface area (Å²) in [5.74, 6) is 0.473. The highest BCUT2D eigenvalue weighted by Gasteiger charge is 2.29. The zero-order valence-corrected chi connectivity index (χ0v) is 18.8. The predicted molar refractivity (Wildman–Crippen MR) is 130 cm³/mol. The Hall–Kier alpha value is -3.74. The van der Waals surface area contributed by atoms with Crippen LogP contribution in [0.25, 0.3) is 33.6 Å². The van der Waals surface area contributed by atoms with Crippen LogP contribution in [0.4, 0.5) is 0 Å². The van der Waals surface area contributed by atoms with Crippen LogP contribution >= 0.6 is 0 Å². The number of nitrogens with one attached hydrogen (secondary N) is 1. The number of oxazole rings is 1. The number of fused-ring (bicyclic) bond motifs is 1. The fourth-order valence-electron chi connectivity index (χ4n) is 3.80. The summed E-state index contributed by atoms with van der Waals surface area (Å²) in [5.41, 5.74) is 2.22. The van der Waals surface area contributed by atoms with E-state index >= 15 is 0 Å². The lowest BCUT2D eigenvalue weighted by Crippen LogP contribution is -2.27. The van der Waals surface area contributed by atoms with E-state index in [4.69, 9.17) is 4.42 Å². The third-order valence-corrected chi connectivity index (χ3v) is 6.96. The molecule has 6 heteroatoms. The molecule has 0 radical (unpaired) electrons. The van der Waals surface area contributed by atoms with Crippen molar-refractivity contribution >= 4 is 20.8 Å². The third kappa shape index (κ3) is 4.31. The van der Waals surface area contributed by atoms with Crippen LogP contribution in [0.2, 0.25) is 0 Å². The van der Waals surface area contributed by atoms with Crippen LogP contribution in [-0.4, -0.2) is 13.4 Å². The van der Waals surface area contributed by atoms with E-state index in [9.17, 15) is 8.42 Å². The van der Waals surface area contributed by atoms with E-state index in [1.165, 1.54) is 0 Å². The van der Waals surface area contributed by atoms with Crippen molar-refractivity contribution in [2.45, 2.75) is 18.0 Å². The van der Waals surface area contributed by atoms with Crippen molar-refractivity contribution in [2.75, 3.05) is 0 Å². The molecule has 0 saturated carbocycles. The summed E-state index contributed by atoms with van der Waals surface area (Å²) in [7, 11) is -3.98. The maximum Gasteiger partial charge on any atom is 0.262 e. The first-order valence-electron chi connectivity index (χ1n) is 10.6. The highest BCUT2D eigenvalue weighted by Crippen LogP contribution is 2.33. The summed E-state index contributed by atoms with van der Waals surface area (Å²) in [4.78, 5) is 4.41. The summed E-state index contributed by atoms with van der Waals surface area (Å²) >= 11 is 0. The van der Waals surface area contributed by atoms with Crippen LogP contribution in [0.15, 0.2) is 113 Å². The van der Waals surface area contributed by atoms with Gasteiger partial charge in [-0.3, -0.25) is 0 Å². The highest BCUT2D eigenvalue weighted by atomic mass is 32.2. The summed E-state index contributed by atoms with van der Waals surface area (Å²) in [5, 5.41) is 2.03. The highest BCUT2D eigenvalue weighted by molar-refractivity contribution is 7.89. The van der Waals surface area contributed by atoms with Crippen molar-refractivity contribution in [1.29, 1.82) is 0 Å². The molecule has 5 aromatic rings. The Morgan fingerprint density at radius 2 is 1.36 bits per heavy atom. The van der Waals surface area contributed by atoms with Gasteiger partial charge in [-0.05, 0) is 41.5 Å². The molecule has 0 fully saturated rings. The average Bonchev–Trinajstić information content (AvgIpc) is 3.31. The number of rotatable bonds is 6. The fourth-order valence-corrected chi connectivity index (χ4v) is 5.12. The minimum Gasteiger partial charge on any atom is -0.435 e. The van der Waals surface area contributed by atoms with E-state index in [1.807, 2.05) is 97.9 Å². The fraction of sp³-hybridized carbons (Fsp3) is 0.0741. The SMILES string of the molecule is CC(NS(=O)(=O)c1nc(-c2ccccc2)oc1-c1ccccc1)c1ccc2ccccc2c1. The second-order valence-corrected chi connectivity index (χ2v) is 9.46. The van der Waals surface area contributed by atoms with Gasteiger partial charge in [0.1, 0.15) is 0 Å². The Bertz CT molecular complexity index is 1510. The van der Waals surface area contributed by atoms with Crippen molar-refractivity contribution in [1.82, 2.24) is 9.71 Å². The van der Waals surface area contributed by atoms with Crippen molar-refractivity contribution in [3.05, 3.63) is 109 Å². The van der Waals surface area contributed by atoms with Crippen LogP contribution in [0, 0.1) is 0 Å². The van der Waals surface area contributed by atoms with E-state index in [0.29, 0.717) is 11.1 Å². The molecular weight excluding hydrogens is 432 g/mol. The number of sulfonamides is 1. The Morgan fingerprint density at radius 3 is 2.06 bits per heavy atom. The summed E-state index contributed by atoms with van der Waals surface area (Å²) in [6.07, 6.45) is 0. The van der Waals surface area contributed by atoms with Crippen molar-refractivity contribution in [3.8, 4) is 22.8 Å². The largest absolute Gasteiger partial charge is 0.435 e. The second kappa shape index (κ2) is 8.65. The standard InChI is InChI=1S/C27H22N2O3S/c1-19(23-17-16-20-10-8-9-15-24(20)18-23)29-33(30,31)27-25(21-11-4-2-5-12-21)32-26(28-27)22-13-6-3-7-14-22/h2-19,29H,1H3. The van der Waals surface area contributed by atoms with Gasteiger partial charge in [0.05, 0.1) is 0 Å². The first-order chi connectivity index (χ1) is 16.0. The lowest BCUT2D eigenvalue weighted by Gasteiger charge is -2.15. The smallest absolute Gasteiger partial charge is 0.262 e. The van der Waals surface area contributed by atoms with Gasteiger partial charge in [0.2, 0.25) is 10.9 Å². The molecule has 4 aromatic carbocycles. The molecule has 33 heavy (non-hydrogen) atoms. The van der Waals surface area contributed by atoms with Crippen molar-refractivity contribution in [3.63, 3.8) is 0 Å². The molecule has 0 aliphatic rings. The Morgan fingerprint density at radius 1 is 0.758 bits per heavy atom. The monoisotopic (exact) mass is 454 g/mol. The van der Waals surface area contributed by atoms with Crippen LogP contribution in [-0.2, 0) is 10.0 Å². The average molecular weight is 455 g/mol. The summed E-state index contributed by atoms with van der Waals surface area (Å²) < 4.78 is 35.7. The number of aromatic nitrogens is 1.